The maximum Gasteiger partial charge on any atom is 0.127 e. The van der Waals surface area contributed by atoms with E-state index >= 15 is 0 Å². The Bertz CT molecular complexity index is 2400. The molecule has 6 aliphatic heterocycles. The molecule has 398 valence electrons. The van der Waals surface area contributed by atoms with Crippen LogP contribution in [0.5, 0.6) is 46.0 Å². The zero-order valence-electron chi connectivity index (χ0n) is 45.0. The van der Waals surface area contributed by atoms with Crippen LogP contribution in [-0.4, -0.2) is 116 Å². The van der Waals surface area contributed by atoms with Gasteiger partial charge in [0.1, 0.15) is 122 Å². The highest BCUT2D eigenvalue weighted by molar-refractivity contribution is 5.52. The van der Waals surface area contributed by atoms with E-state index in [1.165, 1.54) is 44.5 Å². The third kappa shape index (κ3) is 16.7. The standard InChI is InChI=1S/C23H28O4.C20H30O4.C18H18O5/c1-14-5-18(6-15(2)22(14)26-12-20-10-24-20)9-19-7-16(3)23(17(4)8-19)27-13-21-11-25-21;1-19(2,3)15-7-18(24-12-14-10-22-14)16(20(4,5)6)8-17(15)23-11-13-9-21-13;1-5-15(6-2-13(1)19-9-17-11-21-17)23-16-7-3-14(4-8-16)20-10-18-12-22-18/h5-8,20-21H,9-13H2,1-4H3;7-8,13-14H,9-12H2,1-6H3;1-8,17-18H,9-12H2. The monoisotopic (exact) mass is 1020 g/mol. The molecule has 6 saturated heterocycles. The van der Waals surface area contributed by atoms with Gasteiger partial charge in [0.15, 0.2) is 0 Å². The molecule has 6 atom stereocenters. The van der Waals surface area contributed by atoms with Gasteiger partial charge in [-0.15, -0.1) is 0 Å². The van der Waals surface area contributed by atoms with Crippen LogP contribution in [0.1, 0.15) is 86.1 Å². The van der Waals surface area contributed by atoms with Gasteiger partial charge in [-0.1, -0.05) is 65.8 Å². The van der Waals surface area contributed by atoms with Crippen molar-refractivity contribution in [3.05, 3.63) is 129 Å². The lowest BCUT2D eigenvalue weighted by atomic mass is 9.81. The van der Waals surface area contributed by atoms with Crippen LogP contribution in [0.3, 0.4) is 0 Å². The SMILES string of the molecule is CC(C)(C)c1cc(OCC2CO2)c(C(C)(C)C)cc1OCC1CO1.Cc1cc(Cc2cc(C)c(OCC3CO3)c(C)c2)cc(C)c1OCC1CO1.c1cc(Oc2ccc(OCC3CO3)cc2)ccc1OCC1CO1. The molecule has 0 aromatic heterocycles. The fourth-order valence-electron chi connectivity index (χ4n) is 8.37. The van der Waals surface area contributed by atoms with Gasteiger partial charge in [-0.2, -0.15) is 0 Å². The largest absolute Gasteiger partial charge is 0.491 e. The second-order valence-electron chi connectivity index (χ2n) is 22.3. The molecule has 0 spiro atoms. The first kappa shape index (κ1) is 53.3. The van der Waals surface area contributed by atoms with E-state index in [1.807, 2.05) is 48.5 Å². The van der Waals surface area contributed by atoms with Crippen LogP contribution in [0.25, 0.3) is 0 Å². The minimum absolute atomic E-state index is 0.0235. The molecule has 13 heteroatoms. The van der Waals surface area contributed by atoms with Gasteiger partial charge in [-0.05, 0) is 139 Å². The number of hydrogen-bond donors (Lipinski definition) is 0. The van der Waals surface area contributed by atoms with E-state index in [2.05, 4.69) is 106 Å². The second kappa shape index (κ2) is 23.6. The Morgan fingerprint density at radius 2 is 0.622 bits per heavy atom. The first-order valence-corrected chi connectivity index (χ1v) is 26.2. The van der Waals surface area contributed by atoms with Crippen molar-refractivity contribution >= 4 is 0 Å². The summed E-state index contributed by atoms with van der Waals surface area (Å²) < 4.78 is 72.4. The first-order valence-electron chi connectivity index (χ1n) is 26.2. The first-order chi connectivity index (χ1) is 35.5. The predicted octanol–water partition coefficient (Wildman–Crippen LogP) is 10.9. The highest BCUT2D eigenvalue weighted by Crippen LogP contribution is 2.42. The topological polar surface area (TPSA) is 140 Å². The van der Waals surface area contributed by atoms with Crippen molar-refractivity contribution in [2.24, 2.45) is 0 Å². The van der Waals surface area contributed by atoms with Crippen LogP contribution in [0.4, 0.5) is 0 Å². The van der Waals surface area contributed by atoms with Crippen LogP contribution in [0.15, 0.2) is 84.9 Å². The predicted molar refractivity (Wildman–Crippen MR) is 283 cm³/mol. The smallest absolute Gasteiger partial charge is 0.127 e. The third-order valence-electron chi connectivity index (χ3n) is 13.0. The lowest BCUT2D eigenvalue weighted by Crippen LogP contribution is -2.20. The van der Waals surface area contributed by atoms with Gasteiger partial charge in [0.05, 0.1) is 39.6 Å². The summed E-state index contributed by atoms with van der Waals surface area (Å²) >= 11 is 0. The minimum Gasteiger partial charge on any atom is -0.491 e. The molecule has 5 aromatic carbocycles. The molecule has 0 bridgehead atoms. The maximum atomic E-state index is 6.11. The number of ether oxygens (including phenoxy) is 13. The van der Waals surface area contributed by atoms with E-state index in [4.69, 9.17) is 61.6 Å². The molecular formula is C61H76O13. The van der Waals surface area contributed by atoms with Gasteiger partial charge < -0.3 is 61.6 Å². The zero-order chi connectivity index (χ0) is 52.0. The molecule has 0 saturated carbocycles. The molecule has 13 nitrogen and oxygen atoms in total. The molecule has 0 amide bonds. The molecule has 11 rings (SSSR count). The molecular weight excluding hydrogens is 941 g/mol. The Balaban J connectivity index is 0.000000137. The van der Waals surface area contributed by atoms with Gasteiger partial charge in [0, 0.05) is 11.1 Å². The molecule has 6 fully saturated rings. The van der Waals surface area contributed by atoms with E-state index < -0.39 is 0 Å². The van der Waals surface area contributed by atoms with Crippen molar-refractivity contribution < 1.29 is 61.6 Å². The Kier molecular flexibility index (Phi) is 17.0. The van der Waals surface area contributed by atoms with E-state index in [0.717, 1.165) is 92.1 Å². The third-order valence-corrected chi connectivity index (χ3v) is 13.0. The summed E-state index contributed by atoms with van der Waals surface area (Å²) in [5, 5.41) is 0. The quantitative estimate of drug-likeness (QED) is 0.0608. The molecule has 0 aliphatic carbocycles. The molecule has 6 unspecified atom stereocenters. The molecule has 5 aromatic rings. The average molecular weight is 1020 g/mol. The maximum absolute atomic E-state index is 6.11. The van der Waals surface area contributed by atoms with Gasteiger partial charge in [0.2, 0.25) is 0 Å². The Hall–Kier alpha value is -5.54. The summed E-state index contributed by atoms with van der Waals surface area (Å²) in [5.41, 5.74) is 9.64. The van der Waals surface area contributed by atoms with Crippen molar-refractivity contribution in [1.29, 1.82) is 0 Å². The molecule has 0 radical (unpaired) electrons. The van der Waals surface area contributed by atoms with Crippen molar-refractivity contribution in [2.45, 2.75) is 123 Å². The van der Waals surface area contributed by atoms with Gasteiger partial charge in [0.25, 0.3) is 0 Å². The molecule has 0 N–H and O–H groups in total. The molecule has 6 aliphatic rings. The van der Waals surface area contributed by atoms with Crippen LogP contribution in [0.2, 0.25) is 0 Å². The van der Waals surface area contributed by atoms with Crippen LogP contribution >= 0.6 is 0 Å². The normalized spacial score (nSPS) is 21.6. The van der Waals surface area contributed by atoms with E-state index in [0.29, 0.717) is 39.6 Å². The number of hydrogen-bond acceptors (Lipinski definition) is 13. The summed E-state index contributed by atoms with van der Waals surface area (Å²) in [6, 6.07) is 28.4. The number of rotatable bonds is 22. The van der Waals surface area contributed by atoms with Gasteiger partial charge >= 0.3 is 0 Å². The second-order valence-corrected chi connectivity index (χ2v) is 22.3. The van der Waals surface area contributed by atoms with E-state index in [1.54, 1.807) is 0 Å². The molecule has 74 heavy (non-hydrogen) atoms. The van der Waals surface area contributed by atoms with Crippen molar-refractivity contribution in [1.82, 2.24) is 0 Å². The molecule has 6 heterocycles. The Labute approximate surface area is 437 Å². The Morgan fingerprint density at radius 3 is 0.892 bits per heavy atom. The van der Waals surface area contributed by atoms with Crippen LogP contribution < -0.4 is 33.2 Å². The summed E-state index contributed by atoms with van der Waals surface area (Å²) in [6.45, 7) is 30.3. The lowest BCUT2D eigenvalue weighted by molar-refractivity contribution is 0.249. The van der Waals surface area contributed by atoms with Crippen LogP contribution in [-0.2, 0) is 45.7 Å². The summed E-state index contributed by atoms with van der Waals surface area (Å²) in [7, 11) is 0. The minimum atomic E-state index is -0.0235. The highest BCUT2D eigenvalue weighted by atomic mass is 16.6. The van der Waals surface area contributed by atoms with E-state index in [9.17, 15) is 0 Å². The number of epoxide rings is 6. The Morgan fingerprint density at radius 1 is 0.365 bits per heavy atom. The van der Waals surface area contributed by atoms with Gasteiger partial charge in [-0.3, -0.25) is 0 Å². The van der Waals surface area contributed by atoms with Crippen molar-refractivity contribution in [3.8, 4) is 46.0 Å². The zero-order valence-corrected chi connectivity index (χ0v) is 45.0. The summed E-state index contributed by atoms with van der Waals surface area (Å²) in [6.07, 6.45) is 2.48. The van der Waals surface area contributed by atoms with Crippen molar-refractivity contribution in [2.75, 3.05) is 79.3 Å². The average Bonchev–Trinajstić information content (AvgIpc) is 4.13. The fraction of sp³-hybridized carbons (Fsp3) is 0.508. The highest BCUT2D eigenvalue weighted by Gasteiger charge is 2.31. The summed E-state index contributed by atoms with van der Waals surface area (Å²) in [5.74, 6) is 7.04. The summed E-state index contributed by atoms with van der Waals surface area (Å²) in [4.78, 5) is 0. The fourth-order valence-corrected chi connectivity index (χ4v) is 8.37. The number of aryl methyl sites for hydroxylation is 4. The van der Waals surface area contributed by atoms with Crippen LogP contribution in [0, 0.1) is 27.7 Å². The lowest BCUT2D eigenvalue weighted by Gasteiger charge is -2.29. The van der Waals surface area contributed by atoms with Crippen molar-refractivity contribution in [3.63, 3.8) is 0 Å². The van der Waals surface area contributed by atoms with E-state index in [-0.39, 0.29) is 47.5 Å². The van der Waals surface area contributed by atoms with Gasteiger partial charge in [-0.25, -0.2) is 0 Å². The number of benzene rings is 5.